The molecule has 0 saturated carbocycles. The highest BCUT2D eigenvalue weighted by molar-refractivity contribution is 5.90. The minimum atomic E-state index is -0.234. The minimum absolute atomic E-state index is 0.234. The Kier molecular flexibility index (Phi) is 4.27. The summed E-state index contributed by atoms with van der Waals surface area (Å²) in [6.45, 7) is 0.619. The van der Waals surface area contributed by atoms with Gasteiger partial charge in [0.1, 0.15) is 11.6 Å². The summed E-state index contributed by atoms with van der Waals surface area (Å²) in [5, 5.41) is 0.977. The van der Waals surface area contributed by atoms with Crippen molar-refractivity contribution in [2.45, 2.75) is 6.54 Å². The Morgan fingerprint density at radius 3 is 2.50 bits per heavy atom. The van der Waals surface area contributed by atoms with Crippen LogP contribution in [-0.4, -0.2) is 22.0 Å². The van der Waals surface area contributed by atoms with Crippen LogP contribution in [0.15, 0.2) is 73.1 Å². The van der Waals surface area contributed by atoms with E-state index in [0.29, 0.717) is 12.4 Å². The van der Waals surface area contributed by atoms with Crippen molar-refractivity contribution >= 4 is 16.7 Å². The number of rotatable bonds is 4. The normalized spacial score (nSPS) is 10.8. The third-order valence-corrected chi connectivity index (χ3v) is 4.20. The molecule has 0 N–H and O–H groups in total. The summed E-state index contributed by atoms with van der Waals surface area (Å²) < 4.78 is 13.2. The van der Waals surface area contributed by atoms with Crippen molar-refractivity contribution in [2.75, 3.05) is 11.9 Å². The van der Waals surface area contributed by atoms with Crippen LogP contribution < -0.4 is 4.90 Å². The number of hydrogen-bond acceptors (Lipinski definition) is 4. The molecule has 0 aliphatic carbocycles. The first kappa shape index (κ1) is 16.1. The lowest BCUT2D eigenvalue weighted by molar-refractivity contribution is 0.627. The third kappa shape index (κ3) is 3.24. The van der Waals surface area contributed by atoms with Crippen molar-refractivity contribution in [3.8, 4) is 11.4 Å². The van der Waals surface area contributed by atoms with E-state index in [1.165, 1.54) is 12.1 Å². The van der Waals surface area contributed by atoms with E-state index in [-0.39, 0.29) is 5.82 Å². The number of pyridine rings is 1. The zero-order valence-electron chi connectivity index (χ0n) is 14.3. The van der Waals surface area contributed by atoms with Crippen LogP contribution in [0, 0.1) is 5.82 Å². The standard InChI is InChI=1S/C21H17FN4/c1-26(14-15-8-10-17(22)11-9-15)21-18-6-2-3-7-19(18)24-20(25-21)16-5-4-12-23-13-16/h2-13H,14H2,1H3. The number of fused-ring (bicyclic) bond motifs is 1. The summed E-state index contributed by atoms with van der Waals surface area (Å²) in [6.07, 6.45) is 3.49. The van der Waals surface area contributed by atoms with Crippen LogP contribution >= 0.6 is 0 Å². The second-order valence-electron chi connectivity index (χ2n) is 6.11. The molecular weight excluding hydrogens is 327 g/mol. The summed E-state index contributed by atoms with van der Waals surface area (Å²) in [4.78, 5) is 15.7. The molecule has 0 aliphatic heterocycles. The molecule has 2 aromatic carbocycles. The Labute approximate surface area is 151 Å². The molecule has 0 radical (unpaired) electrons. The molecule has 0 aliphatic rings. The summed E-state index contributed by atoms with van der Waals surface area (Å²) in [5.74, 6) is 1.24. The first-order chi connectivity index (χ1) is 12.7. The fourth-order valence-electron chi connectivity index (χ4n) is 2.91. The zero-order valence-corrected chi connectivity index (χ0v) is 14.3. The molecule has 128 valence electrons. The van der Waals surface area contributed by atoms with E-state index < -0.39 is 0 Å². The van der Waals surface area contributed by atoms with Gasteiger partial charge in [0.15, 0.2) is 5.82 Å². The van der Waals surface area contributed by atoms with Crippen LogP contribution in [0.3, 0.4) is 0 Å². The van der Waals surface area contributed by atoms with Crippen LogP contribution in [0.25, 0.3) is 22.3 Å². The van der Waals surface area contributed by atoms with Gasteiger partial charge in [0.05, 0.1) is 5.52 Å². The molecule has 4 aromatic rings. The maximum Gasteiger partial charge on any atom is 0.163 e. The fourth-order valence-corrected chi connectivity index (χ4v) is 2.91. The molecule has 26 heavy (non-hydrogen) atoms. The summed E-state index contributed by atoms with van der Waals surface area (Å²) in [5.41, 5.74) is 2.76. The van der Waals surface area contributed by atoms with Crippen molar-refractivity contribution in [1.29, 1.82) is 0 Å². The van der Waals surface area contributed by atoms with Gasteiger partial charge in [-0.15, -0.1) is 0 Å². The Morgan fingerprint density at radius 2 is 1.73 bits per heavy atom. The quantitative estimate of drug-likeness (QED) is 0.548. The number of halogens is 1. The summed E-state index contributed by atoms with van der Waals surface area (Å²) >= 11 is 0. The maximum absolute atomic E-state index is 13.2. The van der Waals surface area contributed by atoms with E-state index in [2.05, 4.69) is 14.9 Å². The van der Waals surface area contributed by atoms with E-state index in [1.54, 1.807) is 24.5 Å². The first-order valence-electron chi connectivity index (χ1n) is 8.33. The Morgan fingerprint density at radius 1 is 0.923 bits per heavy atom. The predicted molar refractivity (Wildman–Crippen MR) is 101 cm³/mol. The Balaban J connectivity index is 1.78. The number of benzene rings is 2. The fraction of sp³-hybridized carbons (Fsp3) is 0.0952. The van der Waals surface area contributed by atoms with Gasteiger partial charge >= 0.3 is 0 Å². The number of anilines is 1. The number of aromatic nitrogens is 3. The van der Waals surface area contributed by atoms with E-state index >= 15 is 0 Å². The highest BCUT2D eigenvalue weighted by Crippen LogP contribution is 2.27. The lowest BCUT2D eigenvalue weighted by Gasteiger charge is -2.21. The van der Waals surface area contributed by atoms with Crippen molar-refractivity contribution in [1.82, 2.24) is 15.0 Å². The smallest absolute Gasteiger partial charge is 0.163 e. The van der Waals surface area contributed by atoms with Gasteiger partial charge < -0.3 is 4.90 Å². The van der Waals surface area contributed by atoms with Crippen molar-refractivity contribution in [3.05, 3.63) is 84.4 Å². The molecule has 4 rings (SSSR count). The van der Waals surface area contributed by atoms with Gasteiger partial charge in [-0.05, 0) is 42.0 Å². The Hall–Kier alpha value is -3.34. The second-order valence-corrected chi connectivity index (χ2v) is 6.11. The molecule has 0 spiro atoms. The van der Waals surface area contributed by atoms with Crippen LogP contribution in [0.1, 0.15) is 5.56 Å². The molecule has 0 atom stereocenters. The highest BCUT2D eigenvalue weighted by Gasteiger charge is 2.13. The molecule has 0 amide bonds. The van der Waals surface area contributed by atoms with Crippen molar-refractivity contribution in [3.63, 3.8) is 0 Å². The minimum Gasteiger partial charge on any atom is -0.355 e. The van der Waals surface area contributed by atoms with Crippen LogP contribution in [0.4, 0.5) is 10.2 Å². The monoisotopic (exact) mass is 344 g/mol. The van der Waals surface area contributed by atoms with Crippen LogP contribution in [-0.2, 0) is 6.54 Å². The number of nitrogens with zero attached hydrogens (tertiary/aromatic N) is 4. The van der Waals surface area contributed by atoms with Crippen LogP contribution in [0.2, 0.25) is 0 Å². The van der Waals surface area contributed by atoms with Gasteiger partial charge in [0.25, 0.3) is 0 Å². The second kappa shape index (κ2) is 6.88. The average molecular weight is 344 g/mol. The van der Waals surface area contributed by atoms with Gasteiger partial charge in [-0.25, -0.2) is 14.4 Å². The molecule has 5 heteroatoms. The molecule has 0 saturated heterocycles. The summed E-state index contributed by atoms with van der Waals surface area (Å²) in [6, 6.07) is 18.3. The zero-order chi connectivity index (χ0) is 17.9. The average Bonchev–Trinajstić information content (AvgIpc) is 2.69. The van der Waals surface area contributed by atoms with E-state index in [0.717, 1.165) is 27.8 Å². The number of hydrogen-bond donors (Lipinski definition) is 0. The molecule has 2 aromatic heterocycles. The van der Waals surface area contributed by atoms with Crippen LogP contribution in [0.5, 0.6) is 0 Å². The Bertz CT molecular complexity index is 1030. The largest absolute Gasteiger partial charge is 0.355 e. The highest BCUT2D eigenvalue weighted by atomic mass is 19.1. The van der Waals surface area contributed by atoms with Gasteiger partial charge in [0.2, 0.25) is 0 Å². The van der Waals surface area contributed by atoms with Crippen molar-refractivity contribution in [2.24, 2.45) is 0 Å². The van der Waals surface area contributed by atoms with Gasteiger partial charge in [-0.3, -0.25) is 4.98 Å². The number of para-hydroxylation sites is 1. The molecule has 0 bridgehead atoms. The van der Waals surface area contributed by atoms with E-state index in [4.69, 9.17) is 4.98 Å². The van der Waals surface area contributed by atoms with Gasteiger partial charge in [0, 0.05) is 36.9 Å². The molecular formula is C21H17FN4. The maximum atomic E-state index is 13.2. The third-order valence-electron chi connectivity index (χ3n) is 4.20. The van der Waals surface area contributed by atoms with Gasteiger partial charge in [-0.2, -0.15) is 0 Å². The first-order valence-corrected chi connectivity index (χ1v) is 8.33. The van der Waals surface area contributed by atoms with Crippen molar-refractivity contribution < 1.29 is 4.39 Å². The topological polar surface area (TPSA) is 41.9 Å². The lowest BCUT2D eigenvalue weighted by Crippen LogP contribution is -2.18. The molecule has 4 nitrogen and oxygen atoms in total. The van der Waals surface area contributed by atoms with E-state index in [1.807, 2.05) is 43.4 Å². The lowest BCUT2D eigenvalue weighted by atomic mass is 10.1. The van der Waals surface area contributed by atoms with E-state index in [9.17, 15) is 4.39 Å². The molecule has 0 fully saturated rings. The predicted octanol–water partition coefficient (Wildman–Crippen LogP) is 4.47. The molecule has 0 unspecified atom stereocenters. The van der Waals surface area contributed by atoms with Gasteiger partial charge in [-0.1, -0.05) is 24.3 Å². The summed E-state index contributed by atoms with van der Waals surface area (Å²) in [7, 11) is 1.98. The SMILES string of the molecule is CN(Cc1ccc(F)cc1)c1nc(-c2cccnc2)nc2ccccc12. The molecule has 2 heterocycles.